The van der Waals surface area contributed by atoms with Gasteiger partial charge in [0.05, 0.1) is 13.2 Å². The van der Waals surface area contributed by atoms with Crippen molar-refractivity contribution in [1.29, 1.82) is 0 Å². The third-order valence-corrected chi connectivity index (χ3v) is 4.10. The minimum Gasteiger partial charge on any atom is -0.379 e. The Morgan fingerprint density at radius 2 is 2.17 bits per heavy atom. The molecule has 2 fully saturated rings. The summed E-state index contributed by atoms with van der Waals surface area (Å²) in [5.74, 6) is 0. The molecule has 0 aromatic heterocycles. The maximum absolute atomic E-state index is 5.74. The Hall–Kier alpha value is -0.900. The van der Waals surface area contributed by atoms with Crippen LogP contribution in [-0.2, 0) is 11.3 Å². The third kappa shape index (κ3) is 2.74. The molecule has 18 heavy (non-hydrogen) atoms. The van der Waals surface area contributed by atoms with Crippen LogP contribution in [-0.4, -0.2) is 44.3 Å². The van der Waals surface area contributed by atoms with E-state index >= 15 is 0 Å². The standard InChI is InChI=1S/C15H22N2O/c1-2-4-14(5-3-1)10-17-8-6-15(12-17)11-16-7-9-18-13-15/h1-5,16H,6-13H2. The number of hydrogen-bond acceptors (Lipinski definition) is 3. The van der Waals surface area contributed by atoms with E-state index in [1.54, 1.807) is 0 Å². The fourth-order valence-electron chi connectivity index (χ4n) is 3.10. The fraction of sp³-hybridized carbons (Fsp3) is 0.600. The van der Waals surface area contributed by atoms with Crippen LogP contribution >= 0.6 is 0 Å². The Balaban J connectivity index is 1.60. The molecule has 0 aliphatic carbocycles. The number of ether oxygens (including phenoxy) is 1. The van der Waals surface area contributed by atoms with Crippen LogP contribution in [0, 0.1) is 5.41 Å². The summed E-state index contributed by atoms with van der Waals surface area (Å²) in [5, 5.41) is 3.51. The molecule has 2 aliphatic rings. The highest BCUT2D eigenvalue weighted by Gasteiger charge is 2.38. The van der Waals surface area contributed by atoms with Crippen LogP contribution in [0.25, 0.3) is 0 Å². The molecule has 2 heterocycles. The van der Waals surface area contributed by atoms with E-state index in [2.05, 4.69) is 40.5 Å². The molecule has 1 N–H and O–H groups in total. The van der Waals surface area contributed by atoms with Crippen molar-refractivity contribution in [2.24, 2.45) is 5.41 Å². The highest BCUT2D eigenvalue weighted by molar-refractivity contribution is 5.15. The second kappa shape index (κ2) is 5.39. The van der Waals surface area contributed by atoms with E-state index < -0.39 is 0 Å². The summed E-state index contributed by atoms with van der Waals surface area (Å²) >= 11 is 0. The number of nitrogens with zero attached hydrogens (tertiary/aromatic N) is 1. The zero-order valence-electron chi connectivity index (χ0n) is 10.9. The lowest BCUT2D eigenvalue weighted by molar-refractivity contribution is 0.0728. The van der Waals surface area contributed by atoms with E-state index in [0.717, 1.165) is 39.4 Å². The summed E-state index contributed by atoms with van der Waals surface area (Å²) < 4.78 is 5.74. The molecule has 0 radical (unpaired) electrons. The van der Waals surface area contributed by atoms with Crippen LogP contribution in [0.5, 0.6) is 0 Å². The van der Waals surface area contributed by atoms with Crippen LogP contribution in [0.1, 0.15) is 12.0 Å². The molecule has 1 unspecified atom stereocenters. The van der Waals surface area contributed by atoms with Gasteiger partial charge in [0.25, 0.3) is 0 Å². The fourth-order valence-corrected chi connectivity index (χ4v) is 3.10. The predicted octanol–water partition coefficient (Wildman–Crippen LogP) is 1.50. The molecule has 1 atom stereocenters. The van der Waals surface area contributed by atoms with Gasteiger partial charge in [0, 0.05) is 31.6 Å². The quantitative estimate of drug-likeness (QED) is 0.856. The van der Waals surface area contributed by atoms with Gasteiger partial charge in [-0.3, -0.25) is 4.90 Å². The van der Waals surface area contributed by atoms with Gasteiger partial charge in [0.15, 0.2) is 0 Å². The van der Waals surface area contributed by atoms with Gasteiger partial charge in [0.1, 0.15) is 0 Å². The summed E-state index contributed by atoms with van der Waals surface area (Å²) in [6.45, 7) is 7.32. The number of benzene rings is 1. The summed E-state index contributed by atoms with van der Waals surface area (Å²) in [6.07, 6.45) is 1.26. The van der Waals surface area contributed by atoms with Crippen molar-refractivity contribution in [3.8, 4) is 0 Å². The van der Waals surface area contributed by atoms with Gasteiger partial charge in [-0.25, -0.2) is 0 Å². The molecule has 0 amide bonds. The minimum absolute atomic E-state index is 0.352. The van der Waals surface area contributed by atoms with Crippen LogP contribution < -0.4 is 5.32 Å². The van der Waals surface area contributed by atoms with Gasteiger partial charge in [0.2, 0.25) is 0 Å². The number of nitrogens with one attached hydrogen (secondary N) is 1. The van der Waals surface area contributed by atoms with Crippen molar-refractivity contribution in [2.45, 2.75) is 13.0 Å². The van der Waals surface area contributed by atoms with Crippen LogP contribution in [0.2, 0.25) is 0 Å². The molecule has 3 nitrogen and oxygen atoms in total. The topological polar surface area (TPSA) is 24.5 Å². The van der Waals surface area contributed by atoms with Crippen LogP contribution in [0.15, 0.2) is 30.3 Å². The number of rotatable bonds is 2. The van der Waals surface area contributed by atoms with Gasteiger partial charge in [-0.15, -0.1) is 0 Å². The first kappa shape index (κ1) is 12.2. The first-order chi connectivity index (χ1) is 8.86. The Bertz CT molecular complexity index is 371. The smallest absolute Gasteiger partial charge is 0.0591 e. The van der Waals surface area contributed by atoms with E-state index in [-0.39, 0.29) is 0 Å². The monoisotopic (exact) mass is 246 g/mol. The third-order valence-electron chi connectivity index (χ3n) is 4.10. The average molecular weight is 246 g/mol. The van der Waals surface area contributed by atoms with Crippen LogP contribution in [0.3, 0.4) is 0 Å². The van der Waals surface area contributed by atoms with Gasteiger partial charge in [-0.2, -0.15) is 0 Å². The molecular weight excluding hydrogens is 224 g/mol. The summed E-state index contributed by atoms with van der Waals surface area (Å²) in [5.41, 5.74) is 1.77. The lowest BCUT2D eigenvalue weighted by atomic mass is 9.88. The first-order valence-electron chi connectivity index (χ1n) is 6.91. The highest BCUT2D eigenvalue weighted by Crippen LogP contribution is 2.32. The number of hydrogen-bond donors (Lipinski definition) is 1. The largest absolute Gasteiger partial charge is 0.379 e. The molecule has 1 spiro atoms. The second-order valence-electron chi connectivity index (χ2n) is 5.68. The van der Waals surface area contributed by atoms with Gasteiger partial charge < -0.3 is 10.1 Å². The normalized spacial score (nSPS) is 29.6. The lowest BCUT2D eigenvalue weighted by Crippen LogP contribution is -2.38. The molecule has 2 saturated heterocycles. The van der Waals surface area contributed by atoms with Crippen molar-refractivity contribution >= 4 is 0 Å². The Kier molecular flexibility index (Phi) is 3.64. The molecule has 3 rings (SSSR count). The van der Waals surface area contributed by atoms with Crippen molar-refractivity contribution in [3.63, 3.8) is 0 Å². The zero-order valence-corrected chi connectivity index (χ0v) is 10.9. The maximum Gasteiger partial charge on any atom is 0.0591 e. The Morgan fingerprint density at radius 1 is 1.28 bits per heavy atom. The molecule has 3 heteroatoms. The second-order valence-corrected chi connectivity index (χ2v) is 5.68. The van der Waals surface area contributed by atoms with E-state index in [0.29, 0.717) is 5.41 Å². The lowest BCUT2D eigenvalue weighted by Gasteiger charge is -2.27. The molecular formula is C15H22N2O. The van der Waals surface area contributed by atoms with E-state index in [4.69, 9.17) is 4.74 Å². The van der Waals surface area contributed by atoms with E-state index in [1.807, 2.05) is 0 Å². The molecule has 1 aromatic carbocycles. The zero-order chi connectivity index (χ0) is 12.3. The number of likely N-dealkylation sites (tertiary alicyclic amines) is 1. The van der Waals surface area contributed by atoms with Gasteiger partial charge in [-0.1, -0.05) is 30.3 Å². The Morgan fingerprint density at radius 3 is 3.06 bits per heavy atom. The SMILES string of the molecule is c1ccc(CN2CCC3(CNCCOC3)C2)cc1. The van der Waals surface area contributed by atoms with Crippen molar-refractivity contribution in [3.05, 3.63) is 35.9 Å². The van der Waals surface area contributed by atoms with Crippen molar-refractivity contribution in [2.75, 3.05) is 39.4 Å². The molecule has 0 saturated carbocycles. The van der Waals surface area contributed by atoms with Crippen molar-refractivity contribution in [1.82, 2.24) is 10.2 Å². The molecule has 1 aromatic rings. The first-order valence-corrected chi connectivity index (χ1v) is 6.91. The maximum atomic E-state index is 5.74. The van der Waals surface area contributed by atoms with Crippen LogP contribution in [0.4, 0.5) is 0 Å². The summed E-state index contributed by atoms with van der Waals surface area (Å²) in [4.78, 5) is 2.56. The Labute approximate surface area is 109 Å². The summed E-state index contributed by atoms with van der Waals surface area (Å²) in [6, 6.07) is 10.8. The summed E-state index contributed by atoms with van der Waals surface area (Å²) in [7, 11) is 0. The predicted molar refractivity (Wildman–Crippen MR) is 72.5 cm³/mol. The molecule has 98 valence electrons. The van der Waals surface area contributed by atoms with E-state index in [1.165, 1.54) is 18.5 Å². The molecule has 0 bridgehead atoms. The van der Waals surface area contributed by atoms with Crippen molar-refractivity contribution < 1.29 is 4.74 Å². The average Bonchev–Trinajstić information content (AvgIpc) is 2.64. The molecule has 2 aliphatic heterocycles. The van der Waals surface area contributed by atoms with Gasteiger partial charge in [-0.05, 0) is 18.5 Å². The van der Waals surface area contributed by atoms with Gasteiger partial charge >= 0.3 is 0 Å². The minimum atomic E-state index is 0.352. The van der Waals surface area contributed by atoms with E-state index in [9.17, 15) is 0 Å². The highest BCUT2D eigenvalue weighted by atomic mass is 16.5.